The second kappa shape index (κ2) is 5.72. The van der Waals surface area contributed by atoms with Gasteiger partial charge in [0, 0.05) is 25.5 Å². The van der Waals surface area contributed by atoms with Crippen molar-refractivity contribution in [2.24, 2.45) is 4.99 Å². The fraction of sp³-hybridized carbons (Fsp3) is 0.235. The van der Waals surface area contributed by atoms with Gasteiger partial charge in [-0.05, 0) is 30.5 Å². The number of aliphatic imine (C=N–C) groups is 1. The zero-order chi connectivity index (χ0) is 16.6. The van der Waals surface area contributed by atoms with Crippen LogP contribution in [0, 0.1) is 6.92 Å². The first-order chi connectivity index (χ1) is 11.0. The summed E-state index contributed by atoms with van der Waals surface area (Å²) in [5, 5.41) is 12.6. The van der Waals surface area contributed by atoms with Crippen LogP contribution in [0.25, 0.3) is 0 Å². The van der Waals surface area contributed by atoms with Crippen molar-refractivity contribution in [1.82, 2.24) is 10.2 Å². The summed E-state index contributed by atoms with van der Waals surface area (Å²) in [6.45, 7) is 1.77. The number of allylic oxidation sites excluding steroid dienone is 1. The lowest BCUT2D eigenvalue weighted by atomic mass is 10.1. The number of aryl methyl sites for hydroxylation is 1. The first-order valence-corrected chi connectivity index (χ1v) is 7.31. The van der Waals surface area contributed by atoms with Gasteiger partial charge in [-0.1, -0.05) is 12.1 Å². The second-order valence-corrected chi connectivity index (χ2v) is 5.54. The molecule has 2 heterocycles. The molecule has 0 aromatic heterocycles. The van der Waals surface area contributed by atoms with Gasteiger partial charge in [-0.25, -0.2) is 0 Å². The third-order valence-corrected chi connectivity index (χ3v) is 4.00. The molecule has 0 fully saturated rings. The van der Waals surface area contributed by atoms with Gasteiger partial charge < -0.3 is 15.3 Å². The average Bonchev–Trinajstić information content (AvgIpc) is 2.91. The molecule has 2 amide bonds. The fourth-order valence-corrected chi connectivity index (χ4v) is 2.66. The number of hydrogen-bond donors (Lipinski definition) is 2. The molecule has 0 saturated carbocycles. The van der Waals surface area contributed by atoms with Gasteiger partial charge in [0.25, 0.3) is 5.91 Å². The molecule has 0 radical (unpaired) electrons. The standard InChI is InChI=1S/C17H17N3O3/c1-10-3-5-13-15(16(10)22)19-8-12-7-11(4-6-14(21)18-2)9-20(12)17(13)23/h3-6,8-9,12,22H,7H2,1-2H3,(H,18,21)/b6-4+. The van der Waals surface area contributed by atoms with E-state index in [4.69, 9.17) is 0 Å². The monoisotopic (exact) mass is 311 g/mol. The quantitative estimate of drug-likeness (QED) is 0.817. The van der Waals surface area contributed by atoms with Crippen LogP contribution in [0.15, 0.2) is 41.1 Å². The summed E-state index contributed by atoms with van der Waals surface area (Å²) in [7, 11) is 1.56. The van der Waals surface area contributed by atoms with Gasteiger partial charge in [-0.3, -0.25) is 14.6 Å². The fourth-order valence-electron chi connectivity index (χ4n) is 2.66. The lowest BCUT2D eigenvalue weighted by Gasteiger charge is -2.18. The average molecular weight is 311 g/mol. The Bertz CT molecular complexity index is 778. The van der Waals surface area contributed by atoms with E-state index in [1.165, 1.54) is 6.08 Å². The maximum atomic E-state index is 12.7. The molecule has 1 aromatic rings. The summed E-state index contributed by atoms with van der Waals surface area (Å²) in [5.41, 5.74) is 2.25. The summed E-state index contributed by atoms with van der Waals surface area (Å²) < 4.78 is 0. The Hall–Kier alpha value is -2.89. The van der Waals surface area contributed by atoms with Crippen molar-refractivity contribution in [1.29, 1.82) is 0 Å². The van der Waals surface area contributed by atoms with E-state index in [0.29, 0.717) is 23.2 Å². The Morgan fingerprint density at radius 1 is 1.48 bits per heavy atom. The van der Waals surface area contributed by atoms with Gasteiger partial charge in [-0.2, -0.15) is 0 Å². The van der Waals surface area contributed by atoms with Crippen molar-refractivity contribution < 1.29 is 14.7 Å². The normalized spacial score (nSPS) is 19.4. The maximum absolute atomic E-state index is 12.7. The van der Waals surface area contributed by atoms with E-state index in [-0.39, 0.29) is 23.6 Å². The first kappa shape index (κ1) is 15.0. The molecular weight excluding hydrogens is 294 g/mol. The molecule has 118 valence electrons. The smallest absolute Gasteiger partial charge is 0.260 e. The van der Waals surface area contributed by atoms with Gasteiger partial charge in [-0.15, -0.1) is 0 Å². The van der Waals surface area contributed by atoms with E-state index in [9.17, 15) is 14.7 Å². The molecular formula is C17H17N3O3. The molecule has 6 heteroatoms. The van der Waals surface area contributed by atoms with Crippen molar-refractivity contribution in [3.63, 3.8) is 0 Å². The summed E-state index contributed by atoms with van der Waals surface area (Å²) in [5.74, 6) is -0.364. The molecule has 1 unspecified atom stereocenters. The number of nitrogens with one attached hydrogen (secondary N) is 1. The topological polar surface area (TPSA) is 82.0 Å². The minimum Gasteiger partial charge on any atom is -0.505 e. The molecule has 2 aliphatic rings. The highest BCUT2D eigenvalue weighted by Gasteiger charge is 2.32. The number of rotatable bonds is 2. The van der Waals surface area contributed by atoms with E-state index in [0.717, 1.165) is 5.57 Å². The molecule has 0 aliphatic carbocycles. The molecule has 3 rings (SSSR count). The third kappa shape index (κ3) is 2.63. The van der Waals surface area contributed by atoms with E-state index in [2.05, 4.69) is 10.3 Å². The Labute approximate surface area is 133 Å². The molecule has 2 aliphatic heterocycles. The van der Waals surface area contributed by atoms with Crippen LogP contribution in [0.2, 0.25) is 0 Å². The van der Waals surface area contributed by atoms with Crippen LogP contribution in [-0.4, -0.2) is 41.1 Å². The predicted octanol–water partition coefficient (Wildman–Crippen LogP) is 1.82. The van der Waals surface area contributed by atoms with E-state index in [1.54, 1.807) is 49.5 Å². The molecule has 1 aromatic carbocycles. The Kier molecular flexibility index (Phi) is 3.73. The van der Waals surface area contributed by atoms with E-state index < -0.39 is 0 Å². The van der Waals surface area contributed by atoms with Crippen LogP contribution in [0.4, 0.5) is 5.69 Å². The molecule has 23 heavy (non-hydrogen) atoms. The third-order valence-electron chi connectivity index (χ3n) is 4.00. The minimum absolute atomic E-state index is 0.0389. The molecule has 0 bridgehead atoms. The summed E-state index contributed by atoms with van der Waals surface area (Å²) in [4.78, 5) is 29.9. The Balaban J connectivity index is 1.94. The van der Waals surface area contributed by atoms with Crippen molar-refractivity contribution in [2.45, 2.75) is 19.4 Å². The van der Waals surface area contributed by atoms with Crippen LogP contribution in [0.5, 0.6) is 5.75 Å². The number of carbonyl (C=O) groups excluding carboxylic acids is 2. The highest BCUT2D eigenvalue weighted by molar-refractivity contribution is 6.05. The first-order valence-electron chi connectivity index (χ1n) is 7.31. The number of fused-ring (bicyclic) bond motifs is 2. The van der Waals surface area contributed by atoms with Gasteiger partial charge in [0.1, 0.15) is 11.4 Å². The van der Waals surface area contributed by atoms with Crippen molar-refractivity contribution in [2.75, 3.05) is 7.05 Å². The summed E-state index contributed by atoms with van der Waals surface area (Å²) >= 11 is 0. The number of amides is 2. The number of aromatic hydroxyl groups is 1. The van der Waals surface area contributed by atoms with Crippen LogP contribution >= 0.6 is 0 Å². The number of phenolic OH excluding ortho intramolecular Hbond substituents is 1. The summed E-state index contributed by atoms with van der Waals surface area (Å²) in [6.07, 6.45) is 7.10. The number of hydrogen-bond acceptors (Lipinski definition) is 4. The number of carbonyl (C=O) groups is 2. The zero-order valence-corrected chi connectivity index (χ0v) is 12.9. The minimum atomic E-state index is -0.209. The van der Waals surface area contributed by atoms with E-state index in [1.807, 2.05) is 0 Å². The number of likely N-dealkylation sites (N-methyl/N-ethyl adjacent to an activating group) is 1. The van der Waals surface area contributed by atoms with Crippen molar-refractivity contribution in [3.05, 3.63) is 47.2 Å². The van der Waals surface area contributed by atoms with Gasteiger partial charge in [0.2, 0.25) is 5.91 Å². The largest absolute Gasteiger partial charge is 0.505 e. The molecule has 0 saturated heterocycles. The molecule has 2 N–H and O–H groups in total. The van der Waals surface area contributed by atoms with E-state index >= 15 is 0 Å². The van der Waals surface area contributed by atoms with Crippen LogP contribution in [0.3, 0.4) is 0 Å². The van der Waals surface area contributed by atoms with Gasteiger partial charge >= 0.3 is 0 Å². The van der Waals surface area contributed by atoms with Gasteiger partial charge in [0.05, 0.1) is 11.6 Å². The molecule has 1 atom stereocenters. The molecule has 0 spiro atoms. The lowest BCUT2D eigenvalue weighted by molar-refractivity contribution is -0.116. The molecule has 6 nitrogen and oxygen atoms in total. The summed E-state index contributed by atoms with van der Waals surface area (Å²) in [6, 6.07) is 3.17. The van der Waals surface area contributed by atoms with Crippen LogP contribution < -0.4 is 5.32 Å². The number of phenols is 1. The maximum Gasteiger partial charge on any atom is 0.260 e. The highest BCUT2D eigenvalue weighted by atomic mass is 16.3. The highest BCUT2D eigenvalue weighted by Crippen LogP contribution is 2.37. The van der Waals surface area contributed by atoms with Gasteiger partial charge in [0.15, 0.2) is 0 Å². The number of benzene rings is 1. The van der Waals surface area contributed by atoms with Crippen molar-refractivity contribution in [3.8, 4) is 5.75 Å². The predicted molar refractivity (Wildman–Crippen MR) is 86.9 cm³/mol. The zero-order valence-electron chi connectivity index (χ0n) is 12.9. The SMILES string of the molecule is CNC(=O)/C=C/C1=CN2C(=O)c3ccc(C)c(O)c3N=CC2C1. The second-order valence-electron chi connectivity index (χ2n) is 5.54. The Morgan fingerprint density at radius 3 is 3.00 bits per heavy atom. The van der Waals surface area contributed by atoms with Crippen LogP contribution in [0.1, 0.15) is 22.3 Å². The number of nitrogens with zero attached hydrogens (tertiary/aromatic N) is 2. The van der Waals surface area contributed by atoms with Crippen LogP contribution in [-0.2, 0) is 4.79 Å². The van der Waals surface area contributed by atoms with Crippen molar-refractivity contribution >= 4 is 23.7 Å². The Morgan fingerprint density at radius 2 is 2.26 bits per heavy atom. The lowest BCUT2D eigenvalue weighted by Crippen LogP contribution is -2.32.